The first kappa shape index (κ1) is 14.0. The van der Waals surface area contributed by atoms with Crippen molar-refractivity contribution in [2.75, 3.05) is 0 Å². The molecule has 0 aliphatic carbocycles. The molecule has 0 saturated heterocycles. The molecule has 4 heteroatoms. The number of benzene rings is 2. The number of hydrogen-bond donors (Lipinski definition) is 2. The van der Waals surface area contributed by atoms with Crippen LogP contribution in [0.15, 0.2) is 60.8 Å². The van der Waals surface area contributed by atoms with E-state index in [0.717, 1.165) is 33.5 Å². The average molecular weight is 298 g/mol. The largest absolute Gasteiger partial charge is 0.271 e. The lowest BCUT2D eigenvalue weighted by molar-refractivity contribution is 0.552. The third kappa shape index (κ3) is 3.05. The molecule has 0 aliphatic rings. The van der Waals surface area contributed by atoms with Gasteiger partial charge in [-0.05, 0) is 35.7 Å². The molecule has 3 rings (SSSR count). The maximum atomic E-state index is 6.23. The van der Waals surface area contributed by atoms with E-state index in [1.165, 1.54) is 0 Å². The minimum absolute atomic E-state index is 0.00342. The highest BCUT2D eigenvalue weighted by molar-refractivity contribution is 6.31. The molecular formula is C17H16ClN3. The first-order chi connectivity index (χ1) is 10.3. The maximum Gasteiger partial charge on any atom is 0.0705 e. The monoisotopic (exact) mass is 297 g/mol. The van der Waals surface area contributed by atoms with Gasteiger partial charge in [0, 0.05) is 16.6 Å². The number of nitrogens with two attached hydrogens (primary N) is 1. The molecule has 1 aromatic heterocycles. The molecule has 0 radical (unpaired) electrons. The molecule has 1 heterocycles. The lowest BCUT2D eigenvalue weighted by Gasteiger charge is -2.17. The summed E-state index contributed by atoms with van der Waals surface area (Å²) in [5.74, 6) is 5.73. The fourth-order valence-electron chi connectivity index (χ4n) is 2.46. The molecule has 0 aliphatic heterocycles. The van der Waals surface area contributed by atoms with E-state index in [1.807, 2.05) is 36.4 Å². The number of nitrogens with one attached hydrogen (secondary N) is 1. The fraction of sp³-hybridized carbons (Fsp3) is 0.118. The van der Waals surface area contributed by atoms with Crippen LogP contribution >= 0.6 is 11.6 Å². The molecule has 1 unspecified atom stereocenters. The molecule has 3 aromatic rings. The van der Waals surface area contributed by atoms with Crippen molar-refractivity contribution in [3.8, 4) is 0 Å². The summed E-state index contributed by atoms with van der Waals surface area (Å²) in [7, 11) is 0. The van der Waals surface area contributed by atoms with Crippen LogP contribution in [0.3, 0.4) is 0 Å². The smallest absolute Gasteiger partial charge is 0.0705 e. The van der Waals surface area contributed by atoms with Gasteiger partial charge < -0.3 is 0 Å². The van der Waals surface area contributed by atoms with Gasteiger partial charge in [0.1, 0.15) is 0 Å². The Bertz CT molecular complexity index is 758. The Morgan fingerprint density at radius 2 is 1.95 bits per heavy atom. The average Bonchev–Trinajstić information content (AvgIpc) is 2.54. The van der Waals surface area contributed by atoms with Gasteiger partial charge in [0.2, 0.25) is 0 Å². The topological polar surface area (TPSA) is 50.9 Å². The summed E-state index contributed by atoms with van der Waals surface area (Å²) in [5, 5.41) is 1.88. The number of halogens is 1. The number of nitrogens with zero attached hydrogens (tertiary/aromatic N) is 1. The Morgan fingerprint density at radius 3 is 2.76 bits per heavy atom. The van der Waals surface area contributed by atoms with Crippen molar-refractivity contribution in [2.45, 2.75) is 12.5 Å². The Kier molecular flexibility index (Phi) is 4.15. The van der Waals surface area contributed by atoms with Crippen molar-refractivity contribution in [1.29, 1.82) is 0 Å². The van der Waals surface area contributed by atoms with Crippen LogP contribution in [0.2, 0.25) is 5.02 Å². The SMILES string of the molecule is NNC(Cc1ccccc1Cl)c1ccc2cccnc2c1. The van der Waals surface area contributed by atoms with Gasteiger partial charge in [-0.3, -0.25) is 16.3 Å². The van der Waals surface area contributed by atoms with E-state index >= 15 is 0 Å². The predicted molar refractivity (Wildman–Crippen MR) is 87.0 cm³/mol. The van der Waals surface area contributed by atoms with Crippen LogP contribution in [0.25, 0.3) is 10.9 Å². The maximum absolute atomic E-state index is 6.23. The van der Waals surface area contributed by atoms with Crippen LogP contribution in [0.4, 0.5) is 0 Å². The molecule has 0 spiro atoms. The lowest BCUT2D eigenvalue weighted by atomic mass is 9.98. The number of aromatic nitrogens is 1. The molecule has 2 aromatic carbocycles. The molecular weight excluding hydrogens is 282 g/mol. The van der Waals surface area contributed by atoms with E-state index in [0.29, 0.717) is 0 Å². The first-order valence-electron chi connectivity index (χ1n) is 6.82. The van der Waals surface area contributed by atoms with Gasteiger partial charge in [0.15, 0.2) is 0 Å². The van der Waals surface area contributed by atoms with Crippen LogP contribution < -0.4 is 11.3 Å². The summed E-state index contributed by atoms with van der Waals surface area (Å²) in [4.78, 5) is 4.39. The quantitative estimate of drug-likeness (QED) is 0.571. The van der Waals surface area contributed by atoms with Gasteiger partial charge in [-0.25, -0.2) is 0 Å². The molecule has 0 fully saturated rings. The number of pyridine rings is 1. The molecule has 1 atom stereocenters. The van der Waals surface area contributed by atoms with Crippen molar-refractivity contribution < 1.29 is 0 Å². The third-order valence-corrected chi connectivity index (χ3v) is 3.98. The van der Waals surface area contributed by atoms with Gasteiger partial charge in [-0.15, -0.1) is 0 Å². The standard InChI is InChI=1S/C17H16ClN3/c18-15-6-2-1-4-13(15)10-17(21-19)14-8-7-12-5-3-9-20-16(12)11-14/h1-9,11,17,21H,10,19H2. The second-order valence-corrected chi connectivity index (χ2v) is 5.38. The number of fused-ring (bicyclic) bond motifs is 1. The van der Waals surface area contributed by atoms with Crippen molar-refractivity contribution in [1.82, 2.24) is 10.4 Å². The van der Waals surface area contributed by atoms with E-state index in [1.54, 1.807) is 6.20 Å². The minimum atomic E-state index is -0.00342. The van der Waals surface area contributed by atoms with Crippen molar-refractivity contribution >= 4 is 22.5 Å². The third-order valence-electron chi connectivity index (χ3n) is 3.62. The molecule has 21 heavy (non-hydrogen) atoms. The van der Waals surface area contributed by atoms with Crippen LogP contribution in [0.5, 0.6) is 0 Å². The predicted octanol–water partition coefficient (Wildman–Crippen LogP) is 3.64. The van der Waals surface area contributed by atoms with E-state index in [9.17, 15) is 0 Å². The molecule has 0 amide bonds. The van der Waals surface area contributed by atoms with E-state index in [4.69, 9.17) is 17.4 Å². The second-order valence-electron chi connectivity index (χ2n) is 4.97. The zero-order valence-corrected chi connectivity index (χ0v) is 12.2. The van der Waals surface area contributed by atoms with Gasteiger partial charge in [-0.1, -0.05) is 48.0 Å². The molecule has 0 bridgehead atoms. The van der Waals surface area contributed by atoms with E-state index in [-0.39, 0.29) is 6.04 Å². The zero-order valence-electron chi connectivity index (χ0n) is 11.5. The first-order valence-corrected chi connectivity index (χ1v) is 7.20. The Labute approximate surface area is 128 Å². The molecule has 0 saturated carbocycles. The van der Waals surface area contributed by atoms with Crippen molar-refractivity contribution in [3.63, 3.8) is 0 Å². The van der Waals surface area contributed by atoms with Gasteiger partial charge in [0.05, 0.1) is 11.6 Å². The van der Waals surface area contributed by atoms with Crippen molar-refractivity contribution in [2.24, 2.45) is 5.84 Å². The number of hydrazine groups is 1. The van der Waals surface area contributed by atoms with Gasteiger partial charge in [-0.2, -0.15) is 0 Å². The normalized spacial score (nSPS) is 12.5. The number of rotatable bonds is 4. The Balaban J connectivity index is 1.93. The van der Waals surface area contributed by atoms with Crippen molar-refractivity contribution in [3.05, 3.63) is 76.9 Å². The number of hydrogen-bond acceptors (Lipinski definition) is 3. The summed E-state index contributed by atoms with van der Waals surface area (Å²) in [6.07, 6.45) is 2.53. The Morgan fingerprint density at radius 1 is 1.10 bits per heavy atom. The summed E-state index contributed by atoms with van der Waals surface area (Å²) in [6, 6.07) is 18.0. The van der Waals surface area contributed by atoms with Crippen LogP contribution in [-0.2, 0) is 6.42 Å². The highest BCUT2D eigenvalue weighted by Crippen LogP contribution is 2.24. The van der Waals surface area contributed by atoms with E-state index < -0.39 is 0 Å². The van der Waals surface area contributed by atoms with Crippen LogP contribution in [0, 0.1) is 0 Å². The molecule has 106 valence electrons. The highest BCUT2D eigenvalue weighted by Gasteiger charge is 2.13. The molecule has 3 N–H and O–H groups in total. The summed E-state index contributed by atoms with van der Waals surface area (Å²) < 4.78 is 0. The summed E-state index contributed by atoms with van der Waals surface area (Å²) >= 11 is 6.23. The summed E-state index contributed by atoms with van der Waals surface area (Å²) in [5.41, 5.74) is 6.01. The van der Waals surface area contributed by atoms with Crippen LogP contribution in [-0.4, -0.2) is 4.98 Å². The van der Waals surface area contributed by atoms with E-state index in [2.05, 4.69) is 28.6 Å². The van der Waals surface area contributed by atoms with Crippen LogP contribution in [0.1, 0.15) is 17.2 Å². The fourth-order valence-corrected chi connectivity index (χ4v) is 2.67. The zero-order chi connectivity index (χ0) is 14.7. The highest BCUT2D eigenvalue weighted by atomic mass is 35.5. The summed E-state index contributed by atoms with van der Waals surface area (Å²) in [6.45, 7) is 0. The Hall–Kier alpha value is -1.94. The second kappa shape index (κ2) is 6.22. The molecule has 3 nitrogen and oxygen atoms in total. The lowest BCUT2D eigenvalue weighted by Crippen LogP contribution is -2.29. The minimum Gasteiger partial charge on any atom is -0.271 e. The van der Waals surface area contributed by atoms with Gasteiger partial charge >= 0.3 is 0 Å². The van der Waals surface area contributed by atoms with Gasteiger partial charge in [0.25, 0.3) is 0 Å².